The Morgan fingerprint density at radius 2 is 1.40 bits per heavy atom. The third-order valence-corrected chi connectivity index (χ3v) is 11.7. The van der Waals surface area contributed by atoms with Crippen molar-refractivity contribution < 1.29 is 34.3 Å². The molecule has 11 atom stereocenters. The number of ether oxygens (including phenoxy) is 1. The molecule has 3 unspecified atom stereocenters. The number of nitrogens with zero attached hydrogens (tertiary/aromatic N) is 10. The van der Waals surface area contributed by atoms with Crippen molar-refractivity contribution in [1.82, 2.24) is 0 Å². The molecule has 2 saturated carbocycles. The van der Waals surface area contributed by atoms with Gasteiger partial charge in [0.2, 0.25) is 24.7 Å². The number of terminal acetylenes is 2. The quantitative estimate of drug-likeness (QED) is 0.270. The molecule has 2 aromatic rings. The second kappa shape index (κ2) is 15.9. The molecule has 5 aliphatic heterocycles. The molecular weight excluding hydrogens is 737 g/mol. The lowest BCUT2D eigenvalue weighted by Crippen LogP contribution is -2.47. The van der Waals surface area contributed by atoms with Gasteiger partial charge in [-0.25, -0.2) is 9.15 Å². The zero-order chi connectivity index (χ0) is 41.6. The Hall–Kier alpha value is -5.68. The highest BCUT2D eigenvalue weighted by molar-refractivity contribution is 6.27. The number of amidine groups is 6. The van der Waals surface area contributed by atoms with Gasteiger partial charge in [-0.05, 0) is 49.6 Å². The van der Waals surface area contributed by atoms with Gasteiger partial charge in [0.05, 0.1) is 12.2 Å². The second-order valence-corrected chi connectivity index (χ2v) is 15.1. The number of rotatable bonds is 4. The minimum atomic E-state index is -1.06. The Kier molecular flexibility index (Phi) is 11.1. The molecule has 4 N–H and O–H groups in total. The van der Waals surface area contributed by atoms with E-state index >= 15 is 0 Å². The Balaban J connectivity index is 0.000000169. The first-order valence-electron chi connectivity index (χ1n) is 19.5. The van der Waals surface area contributed by atoms with E-state index in [9.17, 15) is 20.4 Å². The van der Waals surface area contributed by atoms with Crippen molar-refractivity contribution in [2.45, 2.75) is 95.9 Å². The number of hydrogen-bond acceptors (Lipinski definition) is 13. The van der Waals surface area contributed by atoms with Crippen LogP contribution in [0, 0.1) is 36.0 Å². The number of para-hydroxylation sites is 1. The van der Waals surface area contributed by atoms with Crippen molar-refractivity contribution in [3.8, 4) is 24.7 Å². The number of anilines is 2. The van der Waals surface area contributed by atoms with Crippen LogP contribution >= 0.6 is 0 Å². The summed E-state index contributed by atoms with van der Waals surface area (Å²) in [7, 11) is 3.82. The molecule has 15 heteroatoms. The molecule has 0 bridgehead atoms. The Morgan fingerprint density at radius 1 is 0.776 bits per heavy atom. The van der Waals surface area contributed by atoms with Crippen molar-refractivity contribution >= 4 is 59.1 Å². The highest BCUT2D eigenvalue weighted by Gasteiger charge is 2.71. The maximum Gasteiger partial charge on any atom is 0.291 e. The highest BCUT2D eigenvalue weighted by atomic mass is 16.6. The molecule has 0 amide bonds. The summed E-state index contributed by atoms with van der Waals surface area (Å²) in [5, 5.41) is 41.5. The number of benzene rings is 2. The molecule has 15 nitrogen and oxygen atoms in total. The molecule has 300 valence electrons. The van der Waals surface area contributed by atoms with E-state index in [0.29, 0.717) is 29.2 Å². The van der Waals surface area contributed by atoms with Gasteiger partial charge in [-0.3, -0.25) is 0 Å². The van der Waals surface area contributed by atoms with Gasteiger partial charge in [0.1, 0.15) is 24.4 Å². The van der Waals surface area contributed by atoms with Crippen LogP contribution in [0.25, 0.3) is 0 Å². The zero-order valence-electron chi connectivity index (χ0n) is 33.7. The minimum absolute atomic E-state index is 0.203. The fraction of sp³-hybridized carbons (Fsp3) is 0.442. The predicted octanol–water partition coefficient (Wildman–Crippen LogP) is 1.77. The topological polar surface area (TPSA) is 177 Å². The molecule has 0 aromatic heterocycles. The Morgan fingerprint density at radius 3 is 2.00 bits per heavy atom. The van der Waals surface area contributed by atoms with Crippen LogP contribution in [0.3, 0.4) is 0 Å². The summed E-state index contributed by atoms with van der Waals surface area (Å²) in [4.78, 5) is 31.3. The van der Waals surface area contributed by atoms with E-state index in [4.69, 9.17) is 17.6 Å². The number of aliphatic hydroxyl groups is 4. The third kappa shape index (κ3) is 6.89. The maximum absolute atomic E-state index is 10.7. The van der Waals surface area contributed by atoms with E-state index in [2.05, 4.69) is 41.8 Å². The van der Waals surface area contributed by atoms with E-state index in [-0.39, 0.29) is 23.2 Å². The lowest BCUT2D eigenvalue weighted by molar-refractivity contribution is -0.515. The standard InChI is InChI=1S/C21H22N5O2.C20H22N5O3.C2H6/c1-4-14-23-19(25(3)12-8-6-5-7-9-12)15-20(24-14)26(11-22-15)16-13-10-21(13,2)18(28)17(16)27;1-5-13-7-6-8-14(9-13)24(4)18-15-19(23-12(3)22-18)25(10-21-15)20-17(27)16(26)11(2)28-20;1-2/h1,5-9,11,13,15-18,27-28H,10H2,2-3H3;1,6-11,15-17,20,26-27H,2-4H3;1-2H3/q2*+1;/t13?,15?,16-,17+,18+,21+;11-,15?,16-,17-,20-;/m11./s1. The zero-order valence-corrected chi connectivity index (χ0v) is 33.7. The van der Waals surface area contributed by atoms with Gasteiger partial charge in [0.25, 0.3) is 29.6 Å². The van der Waals surface area contributed by atoms with Crippen molar-refractivity contribution in [3.63, 3.8) is 0 Å². The summed E-state index contributed by atoms with van der Waals surface area (Å²) in [5.74, 6) is 8.87. The second-order valence-electron chi connectivity index (χ2n) is 15.1. The molecule has 2 aromatic carbocycles. The number of hydrogen-bond donors (Lipinski definition) is 4. The molecule has 2 aliphatic carbocycles. The summed E-state index contributed by atoms with van der Waals surface area (Å²) in [5.41, 5.74) is 2.40. The summed E-state index contributed by atoms with van der Waals surface area (Å²) in [6.07, 6.45) is 10.5. The van der Waals surface area contributed by atoms with E-state index < -0.39 is 48.8 Å². The monoisotopic (exact) mass is 786 g/mol. The summed E-state index contributed by atoms with van der Waals surface area (Å²) >= 11 is 0. The largest absolute Gasteiger partial charge is 0.390 e. The van der Waals surface area contributed by atoms with Gasteiger partial charge in [-0.15, -0.1) is 22.8 Å². The normalized spacial score (nSPS) is 33.5. The smallest absolute Gasteiger partial charge is 0.291 e. The number of aliphatic hydroxyl groups excluding tert-OH is 4. The first-order chi connectivity index (χ1) is 27.9. The third-order valence-electron chi connectivity index (χ3n) is 11.7. The molecule has 7 aliphatic rings. The van der Waals surface area contributed by atoms with Crippen LogP contribution < -0.4 is 9.80 Å². The van der Waals surface area contributed by atoms with Crippen LogP contribution in [0.4, 0.5) is 11.4 Å². The molecule has 0 spiro atoms. The Bertz CT molecular complexity index is 2300. The van der Waals surface area contributed by atoms with Gasteiger partial charge in [0, 0.05) is 49.3 Å². The van der Waals surface area contributed by atoms with Crippen LogP contribution in [0.5, 0.6) is 0 Å². The van der Waals surface area contributed by atoms with E-state index in [0.717, 1.165) is 23.4 Å². The predicted molar refractivity (Wildman–Crippen MR) is 227 cm³/mol. The van der Waals surface area contributed by atoms with Gasteiger partial charge < -0.3 is 35.0 Å². The molecule has 1 saturated heterocycles. The SMILES string of the molecule is C#CC1=NC2=[N+]([C@@H]3C4C[C@]4(C)[C@@H](O)[C@H]3O)C=NC2C(N(C)c2ccccc2)=N1.C#Cc1cccc(N(C)C2=NC(C)=NC3=[N+]([C@@H]4O[C@H](C)[C@@H](O)[C@H]4O)C=NC23)c1.CC. The number of likely N-dealkylation sites (N-methyl/N-ethyl adjacent to an activating group) is 2. The average molecular weight is 787 g/mol. The summed E-state index contributed by atoms with van der Waals surface area (Å²) in [6.45, 7) is 9.54. The van der Waals surface area contributed by atoms with Gasteiger partial charge in [-0.1, -0.05) is 60.9 Å². The van der Waals surface area contributed by atoms with Crippen molar-refractivity contribution in [3.05, 3.63) is 60.2 Å². The van der Waals surface area contributed by atoms with Gasteiger partial charge >= 0.3 is 0 Å². The van der Waals surface area contributed by atoms with E-state index in [1.54, 1.807) is 31.1 Å². The van der Waals surface area contributed by atoms with Crippen molar-refractivity contribution in [2.75, 3.05) is 23.9 Å². The summed E-state index contributed by atoms with van der Waals surface area (Å²) in [6, 6.07) is 16.4. The molecular formula is C43H50N10O5+2. The Labute approximate surface area is 338 Å². The lowest BCUT2D eigenvalue weighted by Gasteiger charge is -2.24. The molecule has 9 rings (SSSR count). The van der Waals surface area contributed by atoms with Crippen LogP contribution in [-0.4, -0.2) is 146 Å². The van der Waals surface area contributed by atoms with Crippen LogP contribution in [0.15, 0.2) is 84.6 Å². The molecule has 3 fully saturated rings. The number of fused-ring (bicyclic) bond motifs is 3. The average Bonchev–Trinajstić information content (AvgIpc) is 3.51. The van der Waals surface area contributed by atoms with Crippen LogP contribution in [-0.2, 0) is 4.74 Å². The fourth-order valence-electron chi connectivity index (χ4n) is 8.36. The van der Waals surface area contributed by atoms with E-state index in [1.165, 1.54) is 0 Å². The summed E-state index contributed by atoms with van der Waals surface area (Å²) < 4.78 is 9.30. The van der Waals surface area contributed by atoms with Gasteiger partial charge in [-0.2, -0.15) is 9.98 Å². The molecule has 5 heterocycles. The fourth-order valence-corrected chi connectivity index (χ4v) is 8.36. The first-order valence-corrected chi connectivity index (χ1v) is 19.5. The molecule has 0 radical (unpaired) electrons. The van der Waals surface area contributed by atoms with Crippen LogP contribution in [0.1, 0.15) is 46.6 Å². The highest BCUT2D eigenvalue weighted by Crippen LogP contribution is 2.63. The minimum Gasteiger partial charge on any atom is -0.390 e. The molecule has 58 heavy (non-hydrogen) atoms. The first kappa shape index (κ1) is 40.5. The lowest BCUT2D eigenvalue weighted by atomic mass is 10.0. The number of aliphatic imine (C=N–C) groups is 6. The van der Waals surface area contributed by atoms with Crippen LogP contribution in [0.2, 0.25) is 0 Å². The van der Waals surface area contributed by atoms with E-state index in [1.807, 2.05) is 104 Å². The van der Waals surface area contributed by atoms with Crippen molar-refractivity contribution in [1.29, 1.82) is 0 Å². The van der Waals surface area contributed by atoms with Crippen molar-refractivity contribution in [2.24, 2.45) is 41.3 Å². The maximum atomic E-state index is 10.7. The van der Waals surface area contributed by atoms with Gasteiger partial charge in [0.15, 0.2) is 11.7 Å².